The van der Waals surface area contributed by atoms with Gasteiger partial charge in [0.1, 0.15) is 0 Å². The molecule has 2 heterocycles. The first kappa shape index (κ1) is 23.2. The van der Waals surface area contributed by atoms with Gasteiger partial charge in [0.2, 0.25) is 0 Å². The Bertz CT molecular complexity index is 1070. The van der Waals surface area contributed by atoms with E-state index in [0.717, 1.165) is 18.0 Å². The zero-order valence-corrected chi connectivity index (χ0v) is 20.1. The fraction of sp³-hybridized carbons (Fsp3) is 0.333. The van der Waals surface area contributed by atoms with Crippen LogP contribution in [0.15, 0.2) is 66.0 Å². The molecule has 0 saturated carbocycles. The fourth-order valence-electron chi connectivity index (χ4n) is 4.15. The number of benzene rings is 2. The van der Waals surface area contributed by atoms with Crippen LogP contribution in [0.2, 0.25) is 0 Å². The van der Waals surface area contributed by atoms with Crippen molar-refractivity contribution < 1.29 is 9.59 Å². The number of piperidine rings is 1. The molecule has 0 atom stereocenters. The van der Waals surface area contributed by atoms with Gasteiger partial charge in [0.15, 0.2) is 0 Å². The van der Waals surface area contributed by atoms with Gasteiger partial charge < -0.3 is 10.2 Å². The molecule has 1 N–H and O–H groups in total. The van der Waals surface area contributed by atoms with Crippen LogP contribution in [0.1, 0.15) is 50.9 Å². The Kier molecular flexibility index (Phi) is 7.57. The summed E-state index contributed by atoms with van der Waals surface area (Å²) in [6.45, 7) is 6.09. The van der Waals surface area contributed by atoms with Crippen LogP contribution in [0.5, 0.6) is 0 Å². The van der Waals surface area contributed by atoms with Crippen LogP contribution < -0.4 is 10.2 Å². The van der Waals surface area contributed by atoms with Gasteiger partial charge in [-0.3, -0.25) is 14.5 Å². The smallest absolute Gasteiger partial charge is 0.268 e. The Morgan fingerprint density at radius 1 is 1.00 bits per heavy atom. The minimum Gasteiger partial charge on any atom is -0.348 e. The van der Waals surface area contributed by atoms with E-state index in [4.69, 9.17) is 0 Å². The number of nitrogens with zero attached hydrogens (tertiary/aromatic N) is 2. The minimum absolute atomic E-state index is 0.121. The summed E-state index contributed by atoms with van der Waals surface area (Å²) < 4.78 is 0. The summed E-state index contributed by atoms with van der Waals surface area (Å²) in [6, 6.07) is 19.3. The molecule has 3 aromatic rings. The summed E-state index contributed by atoms with van der Waals surface area (Å²) in [7, 11) is 1.70. The lowest BCUT2D eigenvalue weighted by atomic mass is 9.99. The summed E-state index contributed by atoms with van der Waals surface area (Å²) in [5, 5.41) is 4.88. The van der Waals surface area contributed by atoms with E-state index in [9.17, 15) is 9.59 Å². The van der Waals surface area contributed by atoms with Gasteiger partial charge in [0.05, 0.1) is 16.1 Å². The zero-order valence-electron chi connectivity index (χ0n) is 19.3. The molecule has 1 aliphatic heterocycles. The third kappa shape index (κ3) is 5.89. The predicted octanol–water partition coefficient (Wildman–Crippen LogP) is 5.19. The largest absolute Gasteiger partial charge is 0.348 e. The van der Waals surface area contributed by atoms with Crippen molar-refractivity contribution in [2.24, 2.45) is 5.92 Å². The lowest BCUT2D eigenvalue weighted by Crippen LogP contribution is -2.32. The summed E-state index contributed by atoms with van der Waals surface area (Å²) >= 11 is 1.39. The molecular formula is C27H31N3O2S. The number of hydrogen-bond donors (Lipinski definition) is 1. The van der Waals surface area contributed by atoms with E-state index in [-0.39, 0.29) is 11.8 Å². The number of anilines is 1. The maximum atomic E-state index is 13.0. The molecule has 2 aromatic carbocycles. The third-order valence-electron chi connectivity index (χ3n) is 6.31. The van der Waals surface area contributed by atoms with E-state index >= 15 is 0 Å². The first-order valence-corrected chi connectivity index (χ1v) is 12.4. The molecule has 0 aliphatic carbocycles. The summed E-state index contributed by atoms with van der Waals surface area (Å²) in [4.78, 5) is 30.4. The highest BCUT2D eigenvalue weighted by Crippen LogP contribution is 2.23. The topological polar surface area (TPSA) is 52.7 Å². The minimum atomic E-state index is -0.192. The summed E-state index contributed by atoms with van der Waals surface area (Å²) in [5.74, 6) is 0.526. The molecule has 1 aromatic heterocycles. The van der Waals surface area contributed by atoms with Gasteiger partial charge >= 0.3 is 0 Å². The molecule has 6 heteroatoms. The van der Waals surface area contributed by atoms with Crippen molar-refractivity contribution in [2.75, 3.05) is 25.0 Å². The molecule has 33 heavy (non-hydrogen) atoms. The first-order valence-electron chi connectivity index (χ1n) is 11.5. The van der Waals surface area contributed by atoms with Gasteiger partial charge in [-0.05, 0) is 66.6 Å². The second kappa shape index (κ2) is 10.8. The maximum Gasteiger partial charge on any atom is 0.268 e. The Hall–Kier alpha value is -2.96. The number of thiophene rings is 1. The van der Waals surface area contributed by atoms with Crippen LogP contribution in [0.25, 0.3) is 0 Å². The Morgan fingerprint density at radius 3 is 2.39 bits per heavy atom. The quantitative estimate of drug-likeness (QED) is 0.527. The predicted molar refractivity (Wildman–Crippen MR) is 135 cm³/mol. The van der Waals surface area contributed by atoms with Crippen molar-refractivity contribution in [1.82, 2.24) is 10.2 Å². The average Bonchev–Trinajstić information content (AvgIpc) is 3.39. The van der Waals surface area contributed by atoms with Gasteiger partial charge in [-0.25, -0.2) is 0 Å². The number of carbonyl (C=O) groups is 2. The van der Waals surface area contributed by atoms with Crippen molar-refractivity contribution in [2.45, 2.75) is 32.9 Å². The lowest BCUT2D eigenvalue weighted by Gasteiger charge is -2.30. The van der Waals surface area contributed by atoms with Crippen LogP contribution >= 0.6 is 11.3 Å². The van der Waals surface area contributed by atoms with E-state index in [1.807, 2.05) is 23.6 Å². The first-order chi connectivity index (χ1) is 16.0. The monoisotopic (exact) mass is 461 g/mol. The number of carbonyl (C=O) groups excluding carboxylic acids is 2. The number of likely N-dealkylation sites (tertiary alicyclic amines) is 1. The Labute approximate surface area is 200 Å². The number of hydrogen-bond acceptors (Lipinski definition) is 4. The average molecular weight is 462 g/mol. The zero-order chi connectivity index (χ0) is 23.2. The van der Waals surface area contributed by atoms with Crippen LogP contribution in [0.3, 0.4) is 0 Å². The highest BCUT2D eigenvalue weighted by molar-refractivity contribution is 7.12. The second-order valence-electron chi connectivity index (χ2n) is 8.82. The van der Waals surface area contributed by atoms with Crippen molar-refractivity contribution in [3.63, 3.8) is 0 Å². The third-order valence-corrected chi connectivity index (χ3v) is 7.16. The van der Waals surface area contributed by atoms with E-state index in [1.165, 1.54) is 47.7 Å². The standard InChI is InChI=1S/C27H31N3O2S/c1-20-13-15-30(16-14-20)19-22-11-9-21(10-12-22)18-28-26(31)23-6-3-4-7-24(23)29(2)27(32)25-8-5-17-33-25/h3-12,17,20H,13-16,18-19H2,1-2H3,(H,28,31). The van der Waals surface area contributed by atoms with Crippen LogP contribution in [0, 0.1) is 5.92 Å². The summed E-state index contributed by atoms with van der Waals surface area (Å²) in [6.07, 6.45) is 2.55. The summed E-state index contributed by atoms with van der Waals surface area (Å²) in [5.41, 5.74) is 3.44. The van der Waals surface area contributed by atoms with E-state index < -0.39 is 0 Å². The van der Waals surface area contributed by atoms with Crippen molar-refractivity contribution >= 4 is 28.8 Å². The number of para-hydroxylation sites is 1. The van der Waals surface area contributed by atoms with Gasteiger partial charge in [0.25, 0.3) is 11.8 Å². The molecule has 2 amide bonds. The molecule has 0 bridgehead atoms. The number of nitrogens with one attached hydrogen (secondary N) is 1. The van der Waals surface area contributed by atoms with Crippen LogP contribution in [0.4, 0.5) is 5.69 Å². The molecule has 1 fully saturated rings. The molecule has 0 radical (unpaired) electrons. The van der Waals surface area contributed by atoms with E-state index in [1.54, 1.807) is 25.2 Å². The van der Waals surface area contributed by atoms with Gasteiger partial charge in [-0.15, -0.1) is 11.3 Å². The number of amides is 2. The fourth-order valence-corrected chi connectivity index (χ4v) is 4.85. The van der Waals surface area contributed by atoms with E-state index in [2.05, 4.69) is 41.4 Å². The normalized spacial score (nSPS) is 14.7. The lowest BCUT2D eigenvalue weighted by molar-refractivity contribution is 0.0951. The highest BCUT2D eigenvalue weighted by Gasteiger charge is 2.20. The Morgan fingerprint density at radius 2 is 1.70 bits per heavy atom. The molecule has 0 unspecified atom stereocenters. The van der Waals surface area contributed by atoms with Gasteiger partial charge in [0, 0.05) is 20.1 Å². The SMILES string of the molecule is CC1CCN(Cc2ccc(CNC(=O)c3ccccc3N(C)C(=O)c3cccs3)cc2)CC1. The molecule has 4 rings (SSSR count). The van der Waals surface area contributed by atoms with Gasteiger partial charge in [-0.1, -0.05) is 49.4 Å². The van der Waals surface area contributed by atoms with Crippen molar-refractivity contribution in [1.29, 1.82) is 0 Å². The Balaban J connectivity index is 1.36. The molecule has 0 spiro atoms. The second-order valence-corrected chi connectivity index (χ2v) is 9.76. The van der Waals surface area contributed by atoms with Gasteiger partial charge in [-0.2, -0.15) is 0 Å². The van der Waals surface area contributed by atoms with E-state index in [0.29, 0.717) is 22.7 Å². The molecule has 1 aliphatic rings. The maximum absolute atomic E-state index is 13.0. The highest BCUT2D eigenvalue weighted by atomic mass is 32.1. The molecular weight excluding hydrogens is 430 g/mol. The molecule has 5 nitrogen and oxygen atoms in total. The molecule has 1 saturated heterocycles. The number of rotatable bonds is 7. The molecule has 172 valence electrons. The van der Waals surface area contributed by atoms with Crippen molar-refractivity contribution in [3.8, 4) is 0 Å². The van der Waals surface area contributed by atoms with Crippen LogP contribution in [-0.4, -0.2) is 36.9 Å². The van der Waals surface area contributed by atoms with Crippen molar-refractivity contribution in [3.05, 3.63) is 87.6 Å². The van der Waals surface area contributed by atoms with Crippen LogP contribution in [-0.2, 0) is 13.1 Å².